The van der Waals surface area contributed by atoms with E-state index in [0.717, 1.165) is 31.6 Å². The Labute approximate surface area is 156 Å². The monoisotopic (exact) mass is 362 g/mol. The molecule has 0 aromatic heterocycles. The standard InChI is InChI=1S/C20H18N4O3/c21-14-16(20(25)22-17-6-2-1-3-7-17)12-15-13-18(24(26)27)8-9-19(15)23-10-4-5-11-23/h1-3,6-9,12-13H,4-5,10-11H2,(H,22,25). The van der Waals surface area contributed by atoms with Gasteiger partial charge in [-0.15, -0.1) is 0 Å². The lowest BCUT2D eigenvalue weighted by atomic mass is 10.1. The molecule has 1 heterocycles. The van der Waals surface area contributed by atoms with Gasteiger partial charge in [0.25, 0.3) is 11.6 Å². The summed E-state index contributed by atoms with van der Waals surface area (Å²) in [5.74, 6) is -0.553. The highest BCUT2D eigenvalue weighted by Crippen LogP contribution is 2.30. The highest BCUT2D eigenvalue weighted by molar-refractivity contribution is 6.10. The molecule has 0 atom stereocenters. The summed E-state index contributed by atoms with van der Waals surface area (Å²) in [6.45, 7) is 1.69. The highest BCUT2D eigenvalue weighted by Gasteiger charge is 2.19. The largest absolute Gasteiger partial charge is 0.371 e. The number of nitrogens with one attached hydrogen (secondary N) is 1. The molecule has 1 N–H and O–H groups in total. The van der Waals surface area contributed by atoms with Crippen LogP contribution in [0, 0.1) is 21.4 Å². The van der Waals surface area contributed by atoms with Gasteiger partial charge in [0.1, 0.15) is 11.6 Å². The minimum atomic E-state index is -0.553. The van der Waals surface area contributed by atoms with Gasteiger partial charge in [-0.05, 0) is 37.1 Å². The topological polar surface area (TPSA) is 99.3 Å². The van der Waals surface area contributed by atoms with Gasteiger partial charge >= 0.3 is 0 Å². The molecule has 1 fully saturated rings. The predicted molar refractivity (Wildman–Crippen MR) is 103 cm³/mol. The van der Waals surface area contributed by atoms with E-state index in [1.54, 1.807) is 30.3 Å². The Hall–Kier alpha value is -3.66. The van der Waals surface area contributed by atoms with Crippen LogP contribution in [0.15, 0.2) is 54.1 Å². The van der Waals surface area contributed by atoms with Gasteiger partial charge in [0.2, 0.25) is 0 Å². The number of nitro benzene ring substituents is 1. The van der Waals surface area contributed by atoms with Crippen LogP contribution in [0.5, 0.6) is 0 Å². The van der Waals surface area contributed by atoms with E-state index in [2.05, 4.69) is 10.2 Å². The summed E-state index contributed by atoms with van der Waals surface area (Å²) in [6.07, 6.45) is 3.50. The lowest BCUT2D eigenvalue weighted by Crippen LogP contribution is -2.19. The van der Waals surface area contributed by atoms with Crippen molar-refractivity contribution in [2.75, 3.05) is 23.3 Å². The van der Waals surface area contributed by atoms with Crippen LogP contribution in [0.3, 0.4) is 0 Å². The fourth-order valence-corrected chi connectivity index (χ4v) is 3.04. The van der Waals surface area contributed by atoms with Crippen molar-refractivity contribution in [2.45, 2.75) is 12.8 Å². The second-order valence-electron chi connectivity index (χ2n) is 6.18. The molecule has 2 aromatic carbocycles. The third-order valence-corrected chi connectivity index (χ3v) is 4.37. The Balaban J connectivity index is 1.96. The van der Waals surface area contributed by atoms with Crippen LogP contribution in [0.25, 0.3) is 6.08 Å². The maximum absolute atomic E-state index is 12.5. The lowest BCUT2D eigenvalue weighted by Gasteiger charge is -2.20. The second kappa shape index (κ2) is 8.15. The van der Waals surface area contributed by atoms with Crippen molar-refractivity contribution in [1.29, 1.82) is 5.26 Å². The van der Waals surface area contributed by atoms with Crippen LogP contribution in [0.4, 0.5) is 17.1 Å². The summed E-state index contributed by atoms with van der Waals surface area (Å²) in [4.78, 5) is 25.2. The van der Waals surface area contributed by atoms with Gasteiger partial charge in [0.15, 0.2) is 0 Å². The van der Waals surface area contributed by atoms with E-state index in [-0.39, 0.29) is 11.3 Å². The van der Waals surface area contributed by atoms with E-state index in [4.69, 9.17) is 0 Å². The fraction of sp³-hybridized carbons (Fsp3) is 0.200. The van der Waals surface area contributed by atoms with Gasteiger partial charge in [-0.2, -0.15) is 5.26 Å². The fourth-order valence-electron chi connectivity index (χ4n) is 3.04. The van der Waals surface area contributed by atoms with Crippen LogP contribution >= 0.6 is 0 Å². The molecule has 0 saturated carbocycles. The first-order valence-corrected chi connectivity index (χ1v) is 8.60. The zero-order valence-corrected chi connectivity index (χ0v) is 14.6. The number of carbonyl (C=O) groups is 1. The number of hydrogen-bond donors (Lipinski definition) is 1. The Kier molecular flexibility index (Phi) is 5.47. The molecule has 3 rings (SSSR count). The van der Waals surface area contributed by atoms with Crippen molar-refractivity contribution < 1.29 is 9.72 Å². The zero-order valence-electron chi connectivity index (χ0n) is 14.6. The van der Waals surface area contributed by atoms with E-state index in [0.29, 0.717) is 11.3 Å². The molecular weight excluding hydrogens is 344 g/mol. The zero-order chi connectivity index (χ0) is 19.2. The number of hydrogen-bond acceptors (Lipinski definition) is 5. The van der Waals surface area contributed by atoms with Crippen molar-refractivity contribution in [3.63, 3.8) is 0 Å². The van der Waals surface area contributed by atoms with E-state index in [9.17, 15) is 20.2 Å². The molecule has 0 aliphatic carbocycles. The van der Waals surface area contributed by atoms with Crippen LogP contribution in [0.1, 0.15) is 18.4 Å². The van der Waals surface area contributed by atoms with Crippen molar-refractivity contribution in [3.8, 4) is 6.07 Å². The first-order chi connectivity index (χ1) is 13.1. The Bertz CT molecular complexity index is 926. The Morgan fingerprint density at radius 1 is 1.19 bits per heavy atom. The SMILES string of the molecule is N#CC(=Cc1cc([N+](=O)[O-])ccc1N1CCCC1)C(=O)Nc1ccccc1. The molecule has 1 aliphatic rings. The first kappa shape index (κ1) is 18.1. The van der Waals surface area contributed by atoms with Crippen LogP contribution in [-0.4, -0.2) is 23.9 Å². The van der Waals surface area contributed by atoms with E-state index in [1.165, 1.54) is 18.2 Å². The average molecular weight is 362 g/mol. The van der Waals surface area contributed by atoms with Crippen LogP contribution in [-0.2, 0) is 4.79 Å². The van der Waals surface area contributed by atoms with Gasteiger partial charge in [0, 0.05) is 42.2 Å². The van der Waals surface area contributed by atoms with Gasteiger partial charge in [-0.1, -0.05) is 18.2 Å². The minimum Gasteiger partial charge on any atom is -0.371 e. The number of benzene rings is 2. The summed E-state index contributed by atoms with van der Waals surface area (Å²) in [5, 5.41) is 23.2. The van der Waals surface area contributed by atoms with E-state index >= 15 is 0 Å². The number of nitriles is 1. The molecule has 27 heavy (non-hydrogen) atoms. The highest BCUT2D eigenvalue weighted by atomic mass is 16.6. The van der Waals surface area contributed by atoms with E-state index in [1.807, 2.05) is 12.1 Å². The quantitative estimate of drug-likeness (QED) is 0.378. The molecule has 7 nitrogen and oxygen atoms in total. The third-order valence-electron chi connectivity index (χ3n) is 4.37. The summed E-state index contributed by atoms with van der Waals surface area (Å²) < 4.78 is 0. The van der Waals surface area contributed by atoms with Crippen molar-refractivity contribution >= 4 is 29.0 Å². The lowest BCUT2D eigenvalue weighted by molar-refractivity contribution is -0.384. The van der Waals surface area contributed by atoms with Crippen LogP contribution in [0.2, 0.25) is 0 Å². The normalized spacial score (nSPS) is 13.9. The molecule has 0 bridgehead atoms. The molecule has 7 heteroatoms. The maximum Gasteiger partial charge on any atom is 0.270 e. The number of amides is 1. The predicted octanol–water partition coefficient (Wildman–Crippen LogP) is 3.74. The number of para-hydroxylation sites is 1. The van der Waals surface area contributed by atoms with Crippen molar-refractivity contribution in [2.24, 2.45) is 0 Å². The summed E-state index contributed by atoms with van der Waals surface area (Å²) >= 11 is 0. The number of rotatable bonds is 5. The number of non-ortho nitro benzene ring substituents is 1. The van der Waals surface area contributed by atoms with Gasteiger partial charge < -0.3 is 10.2 Å². The van der Waals surface area contributed by atoms with Crippen molar-refractivity contribution in [3.05, 3.63) is 69.8 Å². The van der Waals surface area contributed by atoms with Gasteiger partial charge in [-0.3, -0.25) is 14.9 Å². The number of carbonyl (C=O) groups excluding carboxylic acids is 1. The first-order valence-electron chi connectivity index (χ1n) is 8.60. The smallest absolute Gasteiger partial charge is 0.270 e. The van der Waals surface area contributed by atoms with Crippen molar-refractivity contribution in [1.82, 2.24) is 0 Å². The molecule has 0 radical (unpaired) electrons. The minimum absolute atomic E-state index is 0.0787. The van der Waals surface area contributed by atoms with Gasteiger partial charge in [0.05, 0.1) is 4.92 Å². The second-order valence-corrected chi connectivity index (χ2v) is 6.18. The van der Waals surface area contributed by atoms with Crippen LogP contribution < -0.4 is 10.2 Å². The molecular formula is C20H18N4O3. The molecule has 0 spiro atoms. The maximum atomic E-state index is 12.5. The number of anilines is 2. The molecule has 1 aliphatic heterocycles. The number of nitrogens with zero attached hydrogens (tertiary/aromatic N) is 3. The molecule has 1 saturated heterocycles. The van der Waals surface area contributed by atoms with Gasteiger partial charge in [-0.25, -0.2) is 0 Å². The summed E-state index contributed by atoms with van der Waals surface area (Å²) in [5.41, 5.74) is 1.66. The Morgan fingerprint density at radius 2 is 1.89 bits per heavy atom. The third kappa shape index (κ3) is 4.30. The average Bonchev–Trinajstić information content (AvgIpc) is 3.21. The molecule has 0 unspecified atom stereocenters. The summed E-state index contributed by atoms with van der Waals surface area (Å²) in [7, 11) is 0. The van der Waals surface area contributed by atoms with E-state index < -0.39 is 10.8 Å². The molecule has 1 amide bonds. The molecule has 2 aromatic rings. The Morgan fingerprint density at radius 3 is 2.52 bits per heavy atom. The number of nitro groups is 1. The summed E-state index contributed by atoms with van der Waals surface area (Å²) in [6, 6.07) is 15.2. The molecule has 136 valence electrons.